The summed E-state index contributed by atoms with van der Waals surface area (Å²) in [4.78, 5) is 45.8. The van der Waals surface area contributed by atoms with Crippen LogP contribution in [0.25, 0.3) is 22.3 Å². The number of imidazole rings is 2. The number of aliphatic hydroxyl groups excluding tert-OH is 1. The summed E-state index contributed by atoms with van der Waals surface area (Å²) in [6.07, 6.45) is -6.16. The van der Waals surface area contributed by atoms with E-state index in [1.165, 1.54) is 31.3 Å². The van der Waals surface area contributed by atoms with Crippen LogP contribution in [0.3, 0.4) is 0 Å². The molecular weight excluding hydrogens is 728 g/mol. The molecular formula is C22H27F2N10O10P2S2+. The Hall–Kier alpha value is -2.86. The van der Waals surface area contributed by atoms with Crippen molar-refractivity contribution in [3.8, 4) is 0 Å². The molecule has 4 aromatic heterocycles. The number of hydrogen-bond acceptors (Lipinski definition) is 17. The van der Waals surface area contributed by atoms with Gasteiger partial charge in [0.15, 0.2) is 47.3 Å². The molecule has 0 radical (unpaired) electrons. The summed E-state index contributed by atoms with van der Waals surface area (Å²) in [6, 6.07) is 0. The van der Waals surface area contributed by atoms with Crippen LogP contribution in [0.1, 0.15) is 19.4 Å². The van der Waals surface area contributed by atoms with Gasteiger partial charge in [-0.2, -0.15) is 4.98 Å². The highest BCUT2D eigenvalue weighted by Crippen LogP contribution is 2.55. The monoisotopic (exact) mass is 755 g/mol. The number of fused-ring (bicyclic) bond motifs is 2. The number of aliphatic hydroxyl groups is 1. The van der Waals surface area contributed by atoms with Gasteiger partial charge in [-0.3, -0.25) is 23.4 Å². The largest absolute Gasteiger partial charge is 0.582 e. The smallest absolute Gasteiger partial charge is 0.393 e. The van der Waals surface area contributed by atoms with Crippen molar-refractivity contribution >= 4 is 72.1 Å². The van der Waals surface area contributed by atoms with E-state index in [1.807, 2.05) is 0 Å². The van der Waals surface area contributed by atoms with E-state index in [9.17, 15) is 19.4 Å². The summed E-state index contributed by atoms with van der Waals surface area (Å²) in [7, 11) is -1.25. The Morgan fingerprint density at radius 1 is 1.17 bits per heavy atom. The predicted molar refractivity (Wildman–Crippen MR) is 166 cm³/mol. The number of rotatable bonds is 11. The van der Waals surface area contributed by atoms with Gasteiger partial charge in [-0.1, -0.05) is 0 Å². The quantitative estimate of drug-likeness (QED) is 0.0900. The van der Waals surface area contributed by atoms with Crippen molar-refractivity contribution in [2.75, 3.05) is 31.8 Å². The summed E-state index contributed by atoms with van der Waals surface area (Å²) in [5, 5.41) is 9.67. The van der Waals surface area contributed by atoms with E-state index in [2.05, 4.69) is 42.2 Å². The van der Waals surface area contributed by atoms with Gasteiger partial charge in [-0.05, 0) is 23.3 Å². The first kappa shape index (κ1) is 35.0. The van der Waals surface area contributed by atoms with Gasteiger partial charge >= 0.3 is 19.9 Å². The number of thiol groups is 1. The molecule has 0 spiro atoms. The second-order valence-electron chi connectivity index (χ2n) is 10.8. The lowest BCUT2D eigenvalue weighted by Crippen LogP contribution is -2.45. The molecule has 0 amide bonds. The second-order valence-corrected chi connectivity index (χ2v) is 15.2. The van der Waals surface area contributed by atoms with E-state index in [1.54, 1.807) is 0 Å². The Balaban J connectivity index is 1.29. The van der Waals surface area contributed by atoms with Crippen LogP contribution >= 0.6 is 26.2 Å². The molecule has 9 unspecified atom stereocenters. The highest BCUT2D eigenvalue weighted by atomic mass is 32.7. The van der Waals surface area contributed by atoms with Crippen LogP contribution < -0.4 is 17.0 Å². The fraction of sp³-hybridized carbons (Fsp3) is 0.545. The molecule has 26 heteroatoms. The maximum Gasteiger partial charge on any atom is 0.582 e. The number of alkyl halides is 2. The van der Waals surface area contributed by atoms with Gasteiger partial charge in [-0.15, -0.1) is 4.52 Å². The zero-order valence-electron chi connectivity index (χ0n) is 24.6. The normalized spacial score (nSPS) is 30.3. The maximum atomic E-state index is 15.6. The Bertz CT molecular complexity index is 1990. The summed E-state index contributed by atoms with van der Waals surface area (Å²) < 4.78 is 79.6. The lowest BCUT2D eigenvalue weighted by molar-refractivity contribution is -0.125. The molecule has 7 N–H and O–H groups in total. The molecule has 48 heavy (non-hydrogen) atoms. The molecule has 0 aliphatic carbocycles. The zero-order chi connectivity index (χ0) is 34.8. The van der Waals surface area contributed by atoms with Gasteiger partial charge in [0.2, 0.25) is 5.95 Å². The summed E-state index contributed by atoms with van der Waals surface area (Å²) >= 11 is 9.00. The molecule has 2 aliphatic rings. The number of nitrogens with two attached hydrogens (primary N) is 2. The minimum Gasteiger partial charge on any atom is -0.393 e. The average molecular weight is 756 g/mol. The van der Waals surface area contributed by atoms with E-state index in [-0.39, 0.29) is 34.1 Å². The number of halogens is 2. The zero-order valence-corrected chi connectivity index (χ0v) is 28.1. The fourth-order valence-electron chi connectivity index (χ4n) is 5.52. The topological polar surface area (TPSA) is 272 Å². The molecule has 2 aliphatic heterocycles. The number of nitrogens with one attached hydrogen (secondary N) is 1. The predicted octanol–water partition coefficient (Wildman–Crippen LogP) is 0.542. The Morgan fingerprint density at radius 2 is 1.85 bits per heavy atom. The van der Waals surface area contributed by atoms with Gasteiger partial charge in [0.25, 0.3) is 5.56 Å². The molecule has 20 nitrogen and oxygen atoms in total. The van der Waals surface area contributed by atoms with Crippen molar-refractivity contribution in [1.29, 1.82) is 0 Å². The van der Waals surface area contributed by atoms with Crippen molar-refractivity contribution in [3.63, 3.8) is 0 Å². The van der Waals surface area contributed by atoms with E-state index < -0.39 is 81.1 Å². The van der Waals surface area contributed by atoms with Crippen LogP contribution in [0.15, 0.2) is 23.8 Å². The first-order valence-electron chi connectivity index (χ1n) is 13.6. The number of nitrogen functional groups attached to an aromatic ring is 2. The van der Waals surface area contributed by atoms with Gasteiger partial charge in [-0.25, -0.2) is 28.7 Å². The number of aromatic nitrogens is 8. The fourth-order valence-corrected chi connectivity index (χ4v) is 7.81. The number of H-pyrrole nitrogens is 1. The van der Waals surface area contributed by atoms with Gasteiger partial charge in [0.1, 0.15) is 41.9 Å². The number of hydrogen-bond donors (Lipinski definition) is 6. The van der Waals surface area contributed by atoms with Crippen molar-refractivity contribution in [3.05, 3.63) is 29.3 Å². The molecule has 4 aromatic rings. The second kappa shape index (κ2) is 12.8. The van der Waals surface area contributed by atoms with Crippen LogP contribution in [0, 0.1) is 0 Å². The molecule has 0 aromatic carbocycles. The van der Waals surface area contributed by atoms with E-state index >= 15 is 8.78 Å². The lowest BCUT2D eigenvalue weighted by Gasteiger charge is -2.31. The van der Waals surface area contributed by atoms with Crippen LogP contribution in [0.2, 0.25) is 0 Å². The van der Waals surface area contributed by atoms with Crippen molar-refractivity contribution in [1.82, 2.24) is 39.0 Å². The van der Waals surface area contributed by atoms with E-state index in [4.69, 9.17) is 51.1 Å². The number of ether oxygens (including phenoxy) is 3. The van der Waals surface area contributed by atoms with Crippen molar-refractivity contribution < 1.29 is 51.1 Å². The molecule has 260 valence electrons. The van der Waals surface area contributed by atoms with E-state index in [0.717, 1.165) is 10.9 Å². The Kier molecular flexibility index (Phi) is 9.32. The number of aromatic amines is 1. The third-order valence-electron chi connectivity index (χ3n) is 7.73. The van der Waals surface area contributed by atoms with Gasteiger partial charge in [0.05, 0.1) is 25.9 Å². The van der Waals surface area contributed by atoms with Gasteiger partial charge < -0.3 is 40.2 Å². The van der Waals surface area contributed by atoms with Crippen LogP contribution in [0.4, 0.5) is 20.5 Å². The van der Waals surface area contributed by atoms with Crippen LogP contribution in [-0.2, 0) is 44.2 Å². The number of methoxy groups -OCH3 is 1. The van der Waals surface area contributed by atoms with E-state index in [0.29, 0.717) is 0 Å². The summed E-state index contributed by atoms with van der Waals surface area (Å²) in [5.74, 6) is -4.23. The molecule has 2 saturated heterocycles. The Labute approximate surface area is 278 Å². The maximum absolute atomic E-state index is 15.6. The number of anilines is 2. The first-order valence-corrected chi connectivity index (χ1v) is 18.5. The molecule has 2 fully saturated rings. The summed E-state index contributed by atoms with van der Waals surface area (Å²) in [6.45, 7) is -5.07. The molecule has 9 atom stereocenters. The number of nitrogens with zero attached hydrogens (tertiary/aromatic N) is 7. The minimum absolute atomic E-state index is 0.0883. The Morgan fingerprint density at radius 3 is 2.52 bits per heavy atom. The standard InChI is InChI=1S/C22H26F2N10O10P2S2/c1-21(12(43-45(37)47)11(39-2)18(42-21)33-6-29-9-14(25)27-5-28-15(9)33)4-40-46(38,48)44-13-19(41-8(3-35)22(13,23)24)34-7-30-10-16(34)31-20(26)32-17(10)36/h5-8,11-13,18-19,35H,3-4H2,1-2H3,(H6-,25,26,27,28,31,32,36,37,38,47,48)/p+1. The first-order chi connectivity index (χ1) is 22.6. The lowest BCUT2D eigenvalue weighted by atomic mass is 9.98. The summed E-state index contributed by atoms with van der Waals surface area (Å²) in [5.41, 5.74) is 9.12. The van der Waals surface area contributed by atoms with Gasteiger partial charge in [0, 0.05) is 7.11 Å². The molecule has 0 saturated carbocycles. The SMILES string of the molecule is COC1C(n2cnc3c(N)ncnc32)OC(C)(COP(O)(=S)OC2C(n3cnc4c(=O)[nH]c(N)nc43)OC(CO)C2(F)F)C1O[P+](=O)S. The molecule has 0 bridgehead atoms. The molecule has 6 heterocycles. The van der Waals surface area contributed by atoms with Crippen LogP contribution in [0.5, 0.6) is 0 Å². The highest BCUT2D eigenvalue weighted by molar-refractivity contribution is 8.39. The van der Waals surface area contributed by atoms with Crippen LogP contribution in [-0.4, -0.2) is 105 Å². The third-order valence-corrected chi connectivity index (χ3v) is 9.95. The third kappa shape index (κ3) is 6.09. The van der Waals surface area contributed by atoms with Crippen molar-refractivity contribution in [2.45, 2.75) is 55.3 Å². The highest BCUT2D eigenvalue weighted by Gasteiger charge is 2.63. The average Bonchev–Trinajstić information content (AvgIpc) is 3.75. The minimum atomic E-state index is -4.67. The molecule has 6 rings (SSSR count). The van der Waals surface area contributed by atoms with Crippen molar-refractivity contribution in [2.24, 2.45) is 0 Å².